The number of para-hydroxylation sites is 2. The van der Waals surface area contributed by atoms with Crippen molar-refractivity contribution in [3.8, 4) is 0 Å². The van der Waals surface area contributed by atoms with Gasteiger partial charge in [0.05, 0.1) is 16.7 Å². The molecule has 0 saturated carbocycles. The van der Waals surface area contributed by atoms with Gasteiger partial charge in [-0.2, -0.15) is 0 Å². The molecule has 140 valence electrons. The van der Waals surface area contributed by atoms with E-state index in [0.717, 1.165) is 41.9 Å². The smallest absolute Gasteiger partial charge is 0.251 e. The molecule has 4 rings (SSSR count). The van der Waals surface area contributed by atoms with Crippen LogP contribution in [0.15, 0.2) is 35.1 Å². The zero-order valence-corrected chi connectivity index (χ0v) is 15.4. The molecular formula is C20H23N5O2. The largest absolute Gasteiger partial charge is 0.342 e. The number of aromatic amines is 2. The number of nitrogens with one attached hydrogen (secondary N) is 2. The summed E-state index contributed by atoms with van der Waals surface area (Å²) in [6.07, 6.45) is 2.89. The molecule has 1 fully saturated rings. The van der Waals surface area contributed by atoms with Crippen molar-refractivity contribution in [2.45, 2.75) is 38.5 Å². The van der Waals surface area contributed by atoms with E-state index in [-0.39, 0.29) is 17.4 Å². The maximum Gasteiger partial charge on any atom is 0.251 e. The molecule has 3 aromatic rings. The number of amides is 1. The fourth-order valence-corrected chi connectivity index (χ4v) is 3.76. The number of aromatic nitrogens is 4. The minimum absolute atomic E-state index is 0.120. The summed E-state index contributed by atoms with van der Waals surface area (Å²) in [4.78, 5) is 41.3. The first-order chi connectivity index (χ1) is 13.1. The van der Waals surface area contributed by atoms with Crippen LogP contribution in [-0.4, -0.2) is 43.8 Å². The number of H-pyrrole nitrogens is 2. The van der Waals surface area contributed by atoms with Gasteiger partial charge in [0.15, 0.2) is 0 Å². The third-order valence-corrected chi connectivity index (χ3v) is 5.09. The summed E-state index contributed by atoms with van der Waals surface area (Å²) >= 11 is 0. The number of imidazole rings is 1. The topological polar surface area (TPSA) is 94.7 Å². The maximum absolute atomic E-state index is 12.7. The van der Waals surface area contributed by atoms with Gasteiger partial charge in [-0.25, -0.2) is 9.97 Å². The molecule has 1 aromatic carbocycles. The van der Waals surface area contributed by atoms with Crippen molar-refractivity contribution in [3.63, 3.8) is 0 Å². The molecular weight excluding hydrogens is 342 g/mol. The first kappa shape index (κ1) is 17.5. The molecule has 1 atom stereocenters. The summed E-state index contributed by atoms with van der Waals surface area (Å²) in [5.41, 5.74) is 2.57. The number of hydrogen-bond donors (Lipinski definition) is 2. The fraction of sp³-hybridized carbons (Fsp3) is 0.400. The van der Waals surface area contributed by atoms with Crippen molar-refractivity contribution in [2.24, 2.45) is 0 Å². The van der Waals surface area contributed by atoms with E-state index in [2.05, 4.69) is 19.9 Å². The predicted octanol–water partition coefficient (Wildman–Crippen LogP) is 2.29. The second kappa shape index (κ2) is 7.34. The van der Waals surface area contributed by atoms with Crippen LogP contribution in [0.2, 0.25) is 0 Å². The molecule has 0 aliphatic carbocycles. The van der Waals surface area contributed by atoms with E-state index in [9.17, 15) is 9.59 Å². The second-order valence-corrected chi connectivity index (χ2v) is 7.14. The van der Waals surface area contributed by atoms with Gasteiger partial charge in [-0.05, 0) is 31.9 Å². The predicted molar refractivity (Wildman–Crippen MR) is 103 cm³/mol. The van der Waals surface area contributed by atoms with Gasteiger partial charge in [-0.1, -0.05) is 12.1 Å². The van der Waals surface area contributed by atoms with Crippen LogP contribution in [0.3, 0.4) is 0 Å². The van der Waals surface area contributed by atoms with Crippen LogP contribution in [0.25, 0.3) is 11.0 Å². The Morgan fingerprint density at radius 1 is 1.26 bits per heavy atom. The standard InChI is InChI=1S/C20H23N5O2/c1-13-21-17(11-19(26)22-13)14-5-4-10-25(12-14)20(27)9-8-18-23-15-6-2-3-7-16(15)24-18/h2-3,6-7,11,14H,4-5,8-10,12H2,1H3,(H,23,24)(H,21,22,26). The molecule has 1 aliphatic heterocycles. The molecule has 1 saturated heterocycles. The van der Waals surface area contributed by atoms with Crippen molar-refractivity contribution in [1.29, 1.82) is 0 Å². The lowest BCUT2D eigenvalue weighted by atomic mass is 9.94. The Hall–Kier alpha value is -2.96. The van der Waals surface area contributed by atoms with E-state index in [4.69, 9.17) is 0 Å². The average Bonchev–Trinajstić information content (AvgIpc) is 3.08. The summed E-state index contributed by atoms with van der Waals surface area (Å²) in [5.74, 6) is 1.70. The highest BCUT2D eigenvalue weighted by Crippen LogP contribution is 2.25. The third kappa shape index (κ3) is 3.92. The zero-order valence-electron chi connectivity index (χ0n) is 15.4. The summed E-state index contributed by atoms with van der Waals surface area (Å²) in [5, 5.41) is 0. The summed E-state index contributed by atoms with van der Waals surface area (Å²) in [6, 6.07) is 9.42. The van der Waals surface area contributed by atoms with E-state index in [1.54, 1.807) is 13.0 Å². The van der Waals surface area contributed by atoms with E-state index in [1.165, 1.54) is 0 Å². The van der Waals surface area contributed by atoms with Crippen molar-refractivity contribution < 1.29 is 4.79 Å². The number of likely N-dealkylation sites (tertiary alicyclic amines) is 1. The lowest BCUT2D eigenvalue weighted by Crippen LogP contribution is -2.39. The Bertz CT molecular complexity index is 989. The normalized spacial score (nSPS) is 17.4. The highest BCUT2D eigenvalue weighted by Gasteiger charge is 2.26. The van der Waals surface area contributed by atoms with E-state index >= 15 is 0 Å². The van der Waals surface area contributed by atoms with Crippen molar-refractivity contribution in [1.82, 2.24) is 24.8 Å². The average molecular weight is 365 g/mol. The first-order valence-electron chi connectivity index (χ1n) is 9.38. The van der Waals surface area contributed by atoms with Crippen LogP contribution in [0.5, 0.6) is 0 Å². The molecule has 0 spiro atoms. The van der Waals surface area contributed by atoms with Crippen LogP contribution >= 0.6 is 0 Å². The SMILES string of the molecule is Cc1nc(C2CCCN(C(=O)CCc3nc4ccccc4[nH]3)C2)cc(=O)[nH]1. The Labute approximate surface area is 156 Å². The summed E-state index contributed by atoms with van der Waals surface area (Å²) in [7, 11) is 0. The fourth-order valence-electron chi connectivity index (χ4n) is 3.76. The highest BCUT2D eigenvalue weighted by molar-refractivity contribution is 5.77. The molecule has 0 bridgehead atoms. The number of rotatable bonds is 4. The number of aryl methyl sites for hydroxylation is 2. The number of benzene rings is 1. The Morgan fingerprint density at radius 3 is 2.93 bits per heavy atom. The van der Waals surface area contributed by atoms with Crippen LogP contribution in [0.1, 0.15) is 42.5 Å². The van der Waals surface area contributed by atoms with Crippen LogP contribution in [-0.2, 0) is 11.2 Å². The van der Waals surface area contributed by atoms with Gasteiger partial charge < -0.3 is 14.9 Å². The monoisotopic (exact) mass is 365 g/mol. The number of fused-ring (bicyclic) bond motifs is 1. The molecule has 3 heterocycles. The highest BCUT2D eigenvalue weighted by atomic mass is 16.2. The number of piperidine rings is 1. The van der Waals surface area contributed by atoms with Crippen molar-refractivity contribution in [2.75, 3.05) is 13.1 Å². The van der Waals surface area contributed by atoms with E-state index < -0.39 is 0 Å². The molecule has 7 heteroatoms. The van der Waals surface area contributed by atoms with E-state index in [0.29, 0.717) is 25.2 Å². The quantitative estimate of drug-likeness (QED) is 0.742. The molecule has 2 N–H and O–H groups in total. The van der Waals surface area contributed by atoms with Gasteiger partial charge in [-0.3, -0.25) is 9.59 Å². The van der Waals surface area contributed by atoms with Gasteiger partial charge in [0, 0.05) is 37.9 Å². The maximum atomic E-state index is 12.7. The summed E-state index contributed by atoms with van der Waals surface area (Å²) in [6.45, 7) is 3.16. The summed E-state index contributed by atoms with van der Waals surface area (Å²) < 4.78 is 0. The van der Waals surface area contributed by atoms with Gasteiger partial charge >= 0.3 is 0 Å². The Kier molecular flexibility index (Phi) is 4.75. The van der Waals surface area contributed by atoms with Crippen molar-refractivity contribution in [3.05, 3.63) is 58.0 Å². The molecule has 1 unspecified atom stereocenters. The van der Waals surface area contributed by atoms with Crippen LogP contribution in [0, 0.1) is 6.92 Å². The second-order valence-electron chi connectivity index (χ2n) is 7.14. The first-order valence-corrected chi connectivity index (χ1v) is 9.38. The Morgan fingerprint density at radius 2 is 2.11 bits per heavy atom. The van der Waals surface area contributed by atoms with E-state index in [1.807, 2.05) is 29.2 Å². The minimum atomic E-state index is -0.133. The lowest BCUT2D eigenvalue weighted by Gasteiger charge is -2.32. The molecule has 7 nitrogen and oxygen atoms in total. The van der Waals surface area contributed by atoms with Gasteiger partial charge in [-0.15, -0.1) is 0 Å². The number of carbonyl (C=O) groups excluding carboxylic acids is 1. The number of carbonyl (C=O) groups is 1. The van der Waals surface area contributed by atoms with Gasteiger partial charge in [0.2, 0.25) is 5.91 Å². The minimum Gasteiger partial charge on any atom is -0.342 e. The molecule has 0 radical (unpaired) electrons. The van der Waals surface area contributed by atoms with Crippen LogP contribution in [0.4, 0.5) is 0 Å². The van der Waals surface area contributed by atoms with Crippen molar-refractivity contribution >= 4 is 16.9 Å². The lowest BCUT2D eigenvalue weighted by molar-refractivity contribution is -0.132. The molecule has 2 aromatic heterocycles. The zero-order chi connectivity index (χ0) is 18.8. The number of nitrogens with zero attached hydrogens (tertiary/aromatic N) is 3. The molecule has 1 amide bonds. The third-order valence-electron chi connectivity index (χ3n) is 5.09. The Balaban J connectivity index is 1.40. The van der Waals surface area contributed by atoms with Crippen LogP contribution < -0.4 is 5.56 Å². The number of hydrogen-bond acceptors (Lipinski definition) is 4. The molecule has 1 aliphatic rings. The van der Waals surface area contributed by atoms with Gasteiger partial charge in [0.25, 0.3) is 5.56 Å². The van der Waals surface area contributed by atoms with Gasteiger partial charge in [0.1, 0.15) is 11.6 Å². The molecule has 27 heavy (non-hydrogen) atoms.